The van der Waals surface area contributed by atoms with Crippen molar-refractivity contribution in [2.45, 2.75) is 25.7 Å². The summed E-state index contributed by atoms with van der Waals surface area (Å²) >= 11 is 6.42. The molecule has 2 aliphatic heterocycles. The van der Waals surface area contributed by atoms with E-state index in [0.717, 1.165) is 45.9 Å². The van der Waals surface area contributed by atoms with E-state index in [4.69, 9.17) is 17.0 Å². The maximum atomic E-state index is 12.9. The van der Waals surface area contributed by atoms with Crippen molar-refractivity contribution >= 4 is 52.1 Å². The Bertz CT molecular complexity index is 841. The Hall–Kier alpha value is -2.19. The standard InChI is InChI=1S/C19H18N2O4S2/c1-25-12-8-6-11(7-9-12)10-15-18(24)21(19(26)27-15)20-16(22)13-4-2-3-5-14(13)17(20)23/h6-10,13-14H,2-5H2,1H3/b15-10+. The van der Waals surface area contributed by atoms with Crippen LogP contribution in [0, 0.1) is 11.8 Å². The Morgan fingerprint density at radius 3 is 2.19 bits per heavy atom. The van der Waals surface area contributed by atoms with Crippen molar-refractivity contribution in [2.24, 2.45) is 11.8 Å². The SMILES string of the molecule is COc1ccc(/C=C2/SC(=S)N(N3C(=O)C4CCCCC4C3=O)C2=O)cc1. The highest BCUT2D eigenvalue weighted by atomic mass is 32.2. The zero-order valence-electron chi connectivity index (χ0n) is 14.7. The number of carbonyl (C=O) groups is 3. The first-order valence-corrected chi connectivity index (χ1v) is 10.0. The van der Waals surface area contributed by atoms with Crippen LogP contribution in [0.4, 0.5) is 0 Å². The first kappa shape index (κ1) is 18.2. The third-order valence-electron chi connectivity index (χ3n) is 5.20. The van der Waals surface area contributed by atoms with Crippen molar-refractivity contribution in [3.8, 4) is 5.75 Å². The minimum atomic E-state index is -0.429. The van der Waals surface area contributed by atoms with Gasteiger partial charge in [0.2, 0.25) is 0 Å². The van der Waals surface area contributed by atoms with Crippen LogP contribution in [0.2, 0.25) is 0 Å². The number of methoxy groups -OCH3 is 1. The summed E-state index contributed by atoms with van der Waals surface area (Å²) in [6, 6.07) is 7.24. The number of thioether (sulfide) groups is 1. The van der Waals surface area contributed by atoms with Crippen LogP contribution in [0.25, 0.3) is 6.08 Å². The van der Waals surface area contributed by atoms with E-state index in [1.807, 2.05) is 12.1 Å². The number of fused-ring (bicyclic) bond motifs is 1. The molecule has 6 nitrogen and oxygen atoms in total. The average molecular weight is 402 g/mol. The molecule has 1 saturated carbocycles. The predicted octanol–water partition coefficient (Wildman–Crippen LogP) is 2.99. The first-order valence-electron chi connectivity index (χ1n) is 8.81. The van der Waals surface area contributed by atoms with Gasteiger partial charge in [-0.2, -0.15) is 10.0 Å². The van der Waals surface area contributed by atoms with E-state index in [2.05, 4.69) is 0 Å². The minimum Gasteiger partial charge on any atom is -0.497 e. The maximum absolute atomic E-state index is 12.9. The minimum absolute atomic E-state index is 0.208. The summed E-state index contributed by atoms with van der Waals surface area (Å²) in [5.74, 6) is -0.946. The molecular formula is C19H18N2O4S2. The zero-order valence-corrected chi connectivity index (χ0v) is 16.3. The summed E-state index contributed by atoms with van der Waals surface area (Å²) < 4.78 is 5.34. The van der Waals surface area contributed by atoms with E-state index in [1.54, 1.807) is 25.3 Å². The summed E-state index contributed by atoms with van der Waals surface area (Å²) in [5.41, 5.74) is 0.809. The van der Waals surface area contributed by atoms with Crippen LogP contribution in [0.1, 0.15) is 31.2 Å². The van der Waals surface area contributed by atoms with Gasteiger partial charge in [-0.1, -0.05) is 36.7 Å². The molecule has 8 heteroatoms. The van der Waals surface area contributed by atoms with E-state index in [1.165, 1.54) is 0 Å². The molecule has 0 aromatic heterocycles. The highest BCUT2D eigenvalue weighted by molar-refractivity contribution is 8.26. The fraction of sp³-hybridized carbons (Fsp3) is 0.368. The van der Waals surface area contributed by atoms with Gasteiger partial charge in [-0.05, 0) is 48.8 Å². The number of amides is 3. The first-order chi connectivity index (χ1) is 13.0. The van der Waals surface area contributed by atoms with Crippen molar-refractivity contribution in [2.75, 3.05) is 7.11 Å². The second kappa shape index (κ2) is 7.09. The molecule has 140 valence electrons. The van der Waals surface area contributed by atoms with Crippen LogP contribution in [-0.2, 0) is 14.4 Å². The Labute approximate surface area is 166 Å². The summed E-state index contributed by atoms with van der Waals surface area (Å²) in [6.45, 7) is 0. The number of nitrogens with zero attached hydrogens (tertiary/aromatic N) is 2. The normalized spacial score (nSPS) is 26.9. The highest BCUT2D eigenvalue weighted by Crippen LogP contribution is 2.42. The van der Waals surface area contributed by atoms with Crippen molar-refractivity contribution in [3.63, 3.8) is 0 Å². The monoisotopic (exact) mass is 402 g/mol. The quantitative estimate of drug-likeness (QED) is 0.440. The van der Waals surface area contributed by atoms with Crippen LogP contribution >= 0.6 is 24.0 Å². The summed E-state index contributed by atoms with van der Waals surface area (Å²) in [4.78, 5) is 38.8. The van der Waals surface area contributed by atoms with Gasteiger partial charge in [-0.25, -0.2) is 0 Å². The van der Waals surface area contributed by atoms with Gasteiger partial charge in [0.1, 0.15) is 5.75 Å². The van der Waals surface area contributed by atoms with Gasteiger partial charge in [-0.15, -0.1) is 0 Å². The van der Waals surface area contributed by atoms with Gasteiger partial charge in [0, 0.05) is 0 Å². The fourth-order valence-corrected chi connectivity index (χ4v) is 5.07. The number of hydrogen-bond acceptors (Lipinski definition) is 6. The van der Waals surface area contributed by atoms with Gasteiger partial charge in [-0.3, -0.25) is 14.4 Å². The number of hydrazine groups is 1. The Kier molecular flexibility index (Phi) is 4.77. The van der Waals surface area contributed by atoms with Gasteiger partial charge in [0.15, 0.2) is 4.32 Å². The van der Waals surface area contributed by atoms with Crippen molar-refractivity contribution < 1.29 is 19.1 Å². The molecule has 1 aromatic carbocycles. The molecule has 2 saturated heterocycles. The van der Waals surface area contributed by atoms with E-state index in [-0.39, 0.29) is 28.0 Å². The molecule has 27 heavy (non-hydrogen) atoms. The number of imide groups is 1. The smallest absolute Gasteiger partial charge is 0.285 e. The third-order valence-corrected chi connectivity index (χ3v) is 6.49. The molecule has 3 fully saturated rings. The number of rotatable bonds is 3. The molecule has 3 aliphatic rings. The maximum Gasteiger partial charge on any atom is 0.285 e. The lowest BCUT2D eigenvalue weighted by molar-refractivity contribution is -0.158. The predicted molar refractivity (Wildman–Crippen MR) is 105 cm³/mol. The summed E-state index contributed by atoms with van der Waals surface area (Å²) in [6.07, 6.45) is 4.97. The lowest BCUT2D eigenvalue weighted by Gasteiger charge is -2.24. The molecule has 1 aromatic rings. The van der Waals surface area contributed by atoms with E-state index < -0.39 is 5.91 Å². The number of thiocarbonyl (C=S) groups is 1. The van der Waals surface area contributed by atoms with Crippen LogP contribution in [0.15, 0.2) is 29.2 Å². The van der Waals surface area contributed by atoms with Gasteiger partial charge in [0.25, 0.3) is 17.7 Å². The van der Waals surface area contributed by atoms with Gasteiger partial charge < -0.3 is 4.74 Å². The van der Waals surface area contributed by atoms with Gasteiger partial charge in [0.05, 0.1) is 23.9 Å². The lowest BCUT2D eigenvalue weighted by atomic mass is 9.81. The third kappa shape index (κ3) is 3.06. The Morgan fingerprint density at radius 1 is 1.04 bits per heavy atom. The molecule has 2 unspecified atom stereocenters. The lowest BCUT2D eigenvalue weighted by Crippen LogP contribution is -2.49. The zero-order chi connectivity index (χ0) is 19.1. The van der Waals surface area contributed by atoms with Gasteiger partial charge >= 0.3 is 0 Å². The second-order valence-corrected chi connectivity index (χ2v) is 8.43. The van der Waals surface area contributed by atoms with Crippen LogP contribution in [0.3, 0.4) is 0 Å². The van der Waals surface area contributed by atoms with Crippen LogP contribution in [-0.4, -0.2) is 39.2 Å². The average Bonchev–Trinajstić information content (AvgIpc) is 3.09. The Balaban J connectivity index is 1.60. The number of carbonyl (C=O) groups excluding carboxylic acids is 3. The molecule has 2 atom stereocenters. The highest BCUT2D eigenvalue weighted by Gasteiger charge is 2.54. The van der Waals surface area contributed by atoms with E-state index in [9.17, 15) is 14.4 Å². The number of ether oxygens (including phenoxy) is 1. The van der Waals surface area contributed by atoms with Crippen molar-refractivity contribution in [3.05, 3.63) is 34.7 Å². The summed E-state index contributed by atoms with van der Waals surface area (Å²) in [7, 11) is 1.59. The molecule has 0 spiro atoms. The van der Waals surface area contributed by atoms with Crippen molar-refractivity contribution in [1.29, 1.82) is 0 Å². The molecule has 3 amide bonds. The molecule has 0 radical (unpaired) electrons. The molecule has 1 aliphatic carbocycles. The molecule has 4 rings (SSSR count). The largest absolute Gasteiger partial charge is 0.497 e. The molecule has 0 bridgehead atoms. The second-order valence-electron chi connectivity index (χ2n) is 6.75. The molecular weight excluding hydrogens is 384 g/mol. The molecule has 0 N–H and O–H groups in total. The molecule has 2 heterocycles. The number of benzene rings is 1. The van der Waals surface area contributed by atoms with Crippen LogP contribution < -0.4 is 4.74 Å². The Morgan fingerprint density at radius 2 is 1.63 bits per heavy atom. The summed E-state index contributed by atoms with van der Waals surface area (Å²) in [5, 5.41) is 2.07. The van der Waals surface area contributed by atoms with Crippen molar-refractivity contribution in [1.82, 2.24) is 10.0 Å². The van der Waals surface area contributed by atoms with E-state index >= 15 is 0 Å². The topological polar surface area (TPSA) is 66.9 Å². The number of hydrogen-bond donors (Lipinski definition) is 0. The fourth-order valence-electron chi connectivity index (χ4n) is 3.83. The van der Waals surface area contributed by atoms with E-state index in [0.29, 0.717) is 17.7 Å². The van der Waals surface area contributed by atoms with Crippen LogP contribution in [0.5, 0.6) is 5.75 Å².